The van der Waals surface area contributed by atoms with Gasteiger partial charge in [-0.05, 0) is 135 Å². The van der Waals surface area contributed by atoms with Gasteiger partial charge in [0.1, 0.15) is 12.7 Å². The van der Waals surface area contributed by atoms with Crippen molar-refractivity contribution in [1.82, 2.24) is 0 Å². The average Bonchev–Trinajstić information content (AvgIpc) is 3.47. The van der Waals surface area contributed by atoms with Crippen LogP contribution in [0.3, 0.4) is 0 Å². The molecular formula is C70H115O11P. The molecule has 0 aliphatic rings. The average molecular weight is 1160 g/mol. The molecule has 0 aromatic heterocycles. The normalized spacial score (nSPS) is 14.2. The summed E-state index contributed by atoms with van der Waals surface area (Å²) in [6, 6.07) is 0. The Balaban J connectivity index is 4.81. The molecule has 0 rings (SSSR count). The predicted octanol–water partition coefficient (Wildman–Crippen LogP) is 19.7. The van der Waals surface area contributed by atoms with E-state index in [-0.39, 0.29) is 25.9 Å². The van der Waals surface area contributed by atoms with E-state index in [4.69, 9.17) is 23.3 Å². The molecule has 0 aliphatic heterocycles. The molecule has 0 bridgehead atoms. The van der Waals surface area contributed by atoms with Crippen LogP contribution < -0.4 is 0 Å². The van der Waals surface area contributed by atoms with Gasteiger partial charge in [-0.25, -0.2) is 4.57 Å². The van der Waals surface area contributed by atoms with Crippen LogP contribution in [0.2, 0.25) is 0 Å². The van der Waals surface area contributed by atoms with E-state index in [1.807, 2.05) is 0 Å². The van der Waals surface area contributed by atoms with Gasteiger partial charge in [-0.2, -0.15) is 0 Å². The minimum Gasteiger partial charge on any atom is -0.462 e. The Labute approximate surface area is 500 Å². The summed E-state index contributed by atoms with van der Waals surface area (Å²) in [5, 5.41) is 9.86. The molecule has 0 aromatic carbocycles. The van der Waals surface area contributed by atoms with E-state index in [0.717, 1.165) is 161 Å². The number of phosphoric ester groups is 1. The van der Waals surface area contributed by atoms with Gasteiger partial charge in [-0.15, -0.1) is 0 Å². The van der Waals surface area contributed by atoms with Crippen molar-refractivity contribution in [1.29, 1.82) is 0 Å². The fourth-order valence-corrected chi connectivity index (χ4v) is 9.01. The van der Waals surface area contributed by atoms with Gasteiger partial charge in [0.05, 0.1) is 19.8 Å². The summed E-state index contributed by atoms with van der Waals surface area (Å²) in [6.07, 6.45) is 79.7. The number of hydrogen-bond acceptors (Lipinski definition) is 10. The lowest BCUT2D eigenvalue weighted by Crippen LogP contribution is -2.30. The van der Waals surface area contributed by atoms with Gasteiger partial charge < -0.3 is 24.2 Å². The number of carbonyl (C=O) groups is 3. The van der Waals surface area contributed by atoms with Crippen LogP contribution in [-0.4, -0.2) is 66.5 Å². The van der Waals surface area contributed by atoms with E-state index in [9.17, 15) is 28.9 Å². The third kappa shape index (κ3) is 60.2. The highest BCUT2D eigenvalue weighted by Crippen LogP contribution is 2.43. The highest BCUT2D eigenvalue weighted by molar-refractivity contribution is 7.47. The fraction of sp³-hybridized carbons (Fsp3) is 0.643. The van der Waals surface area contributed by atoms with Crippen molar-refractivity contribution >= 4 is 25.7 Å². The van der Waals surface area contributed by atoms with E-state index in [0.29, 0.717) is 19.3 Å². The number of allylic oxidation sites excluding steroid dienone is 22. The van der Waals surface area contributed by atoms with Crippen LogP contribution in [0.15, 0.2) is 134 Å². The first-order valence-corrected chi connectivity index (χ1v) is 33.6. The molecule has 466 valence electrons. The van der Waals surface area contributed by atoms with Crippen molar-refractivity contribution in [2.75, 3.05) is 26.4 Å². The van der Waals surface area contributed by atoms with Gasteiger partial charge in [0.25, 0.3) is 0 Å². The maximum absolute atomic E-state index is 13.0. The molecule has 0 aliphatic carbocycles. The molecule has 12 heteroatoms. The summed E-state index contributed by atoms with van der Waals surface area (Å²) >= 11 is 0. The second kappa shape index (κ2) is 62.7. The second-order valence-electron chi connectivity index (χ2n) is 20.8. The fourth-order valence-electron chi connectivity index (χ4n) is 8.23. The molecule has 0 saturated heterocycles. The van der Waals surface area contributed by atoms with Gasteiger partial charge in [0.2, 0.25) is 0 Å². The number of esters is 3. The Kier molecular flexibility index (Phi) is 59.3. The maximum Gasteiger partial charge on any atom is 0.472 e. The smallest absolute Gasteiger partial charge is 0.462 e. The molecule has 0 saturated carbocycles. The summed E-state index contributed by atoms with van der Waals surface area (Å²) < 4.78 is 39.7. The Morgan fingerprint density at radius 2 is 0.634 bits per heavy atom. The first-order valence-electron chi connectivity index (χ1n) is 32.1. The van der Waals surface area contributed by atoms with Crippen LogP contribution in [0.4, 0.5) is 0 Å². The summed E-state index contributed by atoms with van der Waals surface area (Å²) in [5.74, 6) is -1.54. The Bertz CT molecular complexity index is 1890. The lowest BCUT2D eigenvalue weighted by molar-refractivity contribution is -0.161. The topological polar surface area (TPSA) is 155 Å². The van der Waals surface area contributed by atoms with Crippen molar-refractivity contribution in [2.24, 2.45) is 0 Å². The van der Waals surface area contributed by atoms with Crippen LogP contribution in [0.25, 0.3) is 0 Å². The number of aliphatic hydroxyl groups excluding tert-OH is 1. The first kappa shape index (κ1) is 77.6. The summed E-state index contributed by atoms with van der Waals surface area (Å²) in [6.45, 7) is 4.34. The Hall–Kier alpha value is -4.38. The number of aliphatic hydroxyl groups is 1. The number of phosphoric acid groups is 1. The maximum atomic E-state index is 13.0. The second-order valence-corrected chi connectivity index (χ2v) is 22.3. The molecule has 0 radical (unpaired) electrons. The van der Waals surface area contributed by atoms with E-state index in [1.54, 1.807) is 0 Å². The van der Waals surface area contributed by atoms with Crippen molar-refractivity contribution in [2.45, 2.75) is 264 Å². The van der Waals surface area contributed by atoms with Crippen LogP contribution in [-0.2, 0) is 42.2 Å². The van der Waals surface area contributed by atoms with E-state index < -0.39 is 57.8 Å². The lowest BCUT2D eigenvalue weighted by Gasteiger charge is -2.21. The van der Waals surface area contributed by atoms with Crippen molar-refractivity contribution in [3.63, 3.8) is 0 Å². The Morgan fingerprint density at radius 3 is 0.988 bits per heavy atom. The minimum atomic E-state index is -4.78. The van der Waals surface area contributed by atoms with Crippen LogP contribution in [0.5, 0.6) is 0 Å². The monoisotopic (exact) mass is 1160 g/mol. The van der Waals surface area contributed by atoms with E-state index in [2.05, 4.69) is 154 Å². The number of carbonyl (C=O) groups excluding carboxylic acids is 3. The largest absolute Gasteiger partial charge is 0.472 e. The van der Waals surface area contributed by atoms with Gasteiger partial charge in [-0.3, -0.25) is 23.4 Å². The molecule has 3 atom stereocenters. The molecule has 0 aromatic rings. The summed E-state index contributed by atoms with van der Waals surface area (Å²) in [4.78, 5) is 48.8. The number of ether oxygens (including phenoxy) is 3. The van der Waals surface area contributed by atoms with Gasteiger partial charge >= 0.3 is 25.7 Å². The molecule has 0 amide bonds. The summed E-state index contributed by atoms with van der Waals surface area (Å²) in [7, 11) is -4.78. The van der Waals surface area contributed by atoms with Gasteiger partial charge in [0.15, 0.2) is 6.10 Å². The van der Waals surface area contributed by atoms with E-state index >= 15 is 0 Å². The quantitative estimate of drug-likeness (QED) is 0.0197. The molecule has 0 heterocycles. The molecule has 3 unspecified atom stereocenters. The van der Waals surface area contributed by atoms with Crippen LogP contribution in [0.1, 0.15) is 252 Å². The highest BCUT2D eigenvalue weighted by Gasteiger charge is 2.28. The number of unbranched alkanes of at least 4 members (excludes halogenated alkanes) is 19. The third-order valence-electron chi connectivity index (χ3n) is 13.0. The SMILES string of the molecule is CC/C=C\C/C=C\C/C=C\C/C=C\C/C=C\CCCCCC(=O)OCC(COP(=O)(O)OCC(CO)OC(=O)CCCCCCCCC/C=C\C/C=C\C/C=C\CC)OC(=O)CCCCCCCC/C=C\C/C=C\C/C=C\CCCCC. The van der Waals surface area contributed by atoms with Crippen molar-refractivity contribution in [3.8, 4) is 0 Å². The van der Waals surface area contributed by atoms with Gasteiger partial charge in [0, 0.05) is 19.3 Å². The predicted molar refractivity (Wildman–Crippen MR) is 343 cm³/mol. The molecule has 0 fully saturated rings. The highest BCUT2D eigenvalue weighted by atomic mass is 31.2. The molecule has 82 heavy (non-hydrogen) atoms. The zero-order valence-corrected chi connectivity index (χ0v) is 52.6. The molecule has 2 N–H and O–H groups in total. The molecule has 11 nitrogen and oxygen atoms in total. The zero-order chi connectivity index (χ0) is 59.8. The van der Waals surface area contributed by atoms with Gasteiger partial charge in [-0.1, -0.05) is 231 Å². The lowest BCUT2D eigenvalue weighted by atomic mass is 10.1. The number of hydrogen-bond donors (Lipinski definition) is 2. The first-order chi connectivity index (χ1) is 40.2. The standard InChI is InChI=1S/C70H115O11P/c1-4-7-10-13-16-19-22-25-28-31-33-36-38-41-44-47-50-53-56-59-68(72)77-63-67(81-70(74)61-58-55-52-49-46-43-40-37-34-32-29-26-23-20-17-14-11-8-5-2)65-79-82(75,76)78-64-66(62-71)80-69(73)60-57-54-51-48-45-42-39-35-30-27-24-21-18-15-12-9-6-3/h7,9-10,12,16-21,25-30,33-34,36-37,41,44,66-67,71H,4-6,8,11,13-15,22-24,31-32,35,38-40,42-43,45-65H2,1-3H3,(H,75,76)/b10-7-,12-9-,19-16-,20-17-,21-18-,28-25-,29-26-,30-27-,36-33-,37-34-,44-41-. The van der Waals surface area contributed by atoms with Crippen LogP contribution in [0, 0.1) is 0 Å². The summed E-state index contributed by atoms with van der Waals surface area (Å²) in [5.41, 5.74) is 0. The van der Waals surface area contributed by atoms with Crippen molar-refractivity contribution in [3.05, 3.63) is 134 Å². The zero-order valence-electron chi connectivity index (χ0n) is 51.7. The van der Waals surface area contributed by atoms with Crippen LogP contribution >= 0.6 is 7.82 Å². The Morgan fingerprint density at radius 1 is 0.354 bits per heavy atom. The molecule has 0 spiro atoms. The van der Waals surface area contributed by atoms with Crippen molar-refractivity contribution < 1.29 is 52.2 Å². The van der Waals surface area contributed by atoms with E-state index in [1.165, 1.54) is 32.1 Å². The molecular weight excluding hydrogens is 1050 g/mol. The minimum absolute atomic E-state index is 0.138. The third-order valence-corrected chi connectivity index (χ3v) is 14.0. The number of rotatable bonds is 58.